The third-order valence-corrected chi connectivity index (χ3v) is 2.27. The van der Waals surface area contributed by atoms with Crippen molar-refractivity contribution in [2.24, 2.45) is 5.92 Å². The van der Waals surface area contributed by atoms with Crippen LogP contribution in [-0.4, -0.2) is 17.7 Å². The molecule has 1 atom stereocenters. The Hall–Kier alpha value is -2.17. The molecule has 0 aliphatic carbocycles. The van der Waals surface area contributed by atoms with Crippen LogP contribution in [0.15, 0.2) is 30.3 Å². The van der Waals surface area contributed by atoms with E-state index in [-0.39, 0.29) is 6.42 Å². The maximum absolute atomic E-state index is 11.4. The van der Waals surface area contributed by atoms with Gasteiger partial charge < -0.3 is 19.8 Å². The molecule has 90 valence electrons. The summed E-state index contributed by atoms with van der Waals surface area (Å²) in [6.45, 7) is 0. The van der Waals surface area contributed by atoms with E-state index in [1.807, 2.05) is 0 Å². The Kier molecular flexibility index (Phi) is 4.39. The van der Waals surface area contributed by atoms with E-state index in [0.29, 0.717) is 5.56 Å². The molecule has 1 aromatic carbocycles. The molecule has 0 saturated carbocycles. The molecule has 0 aliphatic heterocycles. The monoisotopic (exact) mass is 234 g/mol. The number of aliphatic carboxylic acids is 2. The Bertz CT molecular complexity index is 424. The van der Waals surface area contributed by atoms with Gasteiger partial charge in [-0.05, 0) is 12.0 Å². The van der Waals surface area contributed by atoms with Crippen molar-refractivity contribution in [3.8, 4) is 0 Å². The number of ketones is 1. The lowest BCUT2D eigenvalue weighted by atomic mass is 9.94. The number of carbonyl (C=O) groups excluding carboxylic acids is 3. The summed E-state index contributed by atoms with van der Waals surface area (Å²) in [5.41, 5.74) is 0.633. The minimum atomic E-state index is -1.59. The second-order valence-electron chi connectivity index (χ2n) is 3.58. The summed E-state index contributed by atoms with van der Waals surface area (Å²) in [5.74, 6) is -5.52. The van der Waals surface area contributed by atoms with Crippen molar-refractivity contribution in [3.63, 3.8) is 0 Å². The SMILES string of the molecule is O=C([O-])CC(=O)C(Cc1ccccc1)C(=O)[O-]. The van der Waals surface area contributed by atoms with Crippen molar-refractivity contribution in [2.75, 3.05) is 0 Å². The molecule has 0 saturated heterocycles. The van der Waals surface area contributed by atoms with Crippen LogP contribution in [0.2, 0.25) is 0 Å². The maximum Gasteiger partial charge on any atom is 0.147 e. The van der Waals surface area contributed by atoms with Crippen molar-refractivity contribution in [3.05, 3.63) is 35.9 Å². The normalized spacial score (nSPS) is 11.8. The van der Waals surface area contributed by atoms with E-state index >= 15 is 0 Å². The summed E-state index contributed by atoms with van der Waals surface area (Å²) < 4.78 is 0. The molecule has 0 spiro atoms. The van der Waals surface area contributed by atoms with E-state index < -0.39 is 30.1 Å². The molecule has 0 amide bonds. The number of carboxylic acids is 2. The average Bonchev–Trinajstić information content (AvgIpc) is 2.25. The molecule has 0 bridgehead atoms. The number of hydrogen-bond acceptors (Lipinski definition) is 5. The number of carbonyl (C=O) groups is 3. The van der Waals surface area contributed by atoms with Crippen LogP contribution in [0.4, 0.5) is 0 Å². The molecule has 5 heteroatoms. The Balaban J connectivity index is 2.77. The molecule has 0 aliphatic rings. The van der Waals surface area contributed by atoms with Gasteiger partial charge in [0.15, 0.2) is 0 Å². The number of hydrogen-bond donors (Lipinski definition) is 0. The van der Waals surface area contributed by atoms with E-state index in [9.17, 15) is 24.6 Å². The summed E-state index contributed by atoms with van der Waals surface area (Å²) >= 11 is 0. The fourth-order valence-corrected chi connectivity index (χ4v) is 1.44. The van der Waals surface area contributed by atoms with Crippen LogP contribution in [-0.2, 0) is 20.8 Å². The first-order valence-electron chi connectivity index (χ1n) is 4.98. The average molecular weight is 234 g/mol. The predicted octanol–water partition coefficient (Wildman–Crippen LogP) is -1.70. The summed E-state index contributed by atoms with van der Waals surface area (Å²) in [6.07, 6.45) is -0.985. The molecule has 0 heterocycles. The van der Waals surface area contributed by atoms with Gasteiger partial charge in [-0.1, -0.05) is 30.3 Å². The lowest BCUT2D eigenvalue weighted by Crippen LogP contribution is -2.40. The lowest BCUT2D eigenvalue weighted by molar-refractivity contribution is -0.310. The number of Topliss-reactive ketones (excluding diaryl/α,β-unsaturated/α-hetero) is 1. The molecular formula is C12H10O5-2. The quantitative estimate of drug-likeness (QED) is 0.547. The summed E-state index contributed by atoms with van der Waals surface area (Å²) in [7, 11) is 0. The molecule has 17 heavy (non-hydrogen) atoms. The fraction of sp³-hybridized carbons (Fsp3) is 0.250. The van der Waals surface area contributed by atoms with Gasteiger partial charge in [0.05, 0.1) is 11.9 Å². The molecule has 0 aromatic heterocycles. The van der Waals surface area contributed by atoms with Crippen LogP contribution >= 0.6 is 0 Å². The molecule has 0 fully saturated rings. The van der Waals surface area contributed by atoms with Gasteiger partial charge in [0, 0.05) is 12.4 Å². The highest BCUT2D eigenvalue weighted by atomic mass is 16.4. The standard InChI is InChI=1S/C12H12O5/c13-10(7-11(14)15)9(12(16)17)6-8-4-2-1-3-5-8/h1-5,9H,6-7H2,(H,14,15)(H,16,17)/p-2. The smallest absolute Gasteiger partial charge is 0.147 e. The first-order chi connectivity index (χ1) is 8.00. The van der Waals surface area contributed by atoms with Gasteiger partial charge in [-0.2, -0.15) is 0 Å². The third-order valence-electron chi connectivity index (χ3n) is 2.27. The first-order valence-corrected chi connectivity index (χ1v) is 4.98. The minimum Gasteiger partial charge on any atom is -0.550 e. The topological polar surface area (TPSA) is 97.3 Å². The van der Waals surface area contributed by atoms with Crippen LogP contribution in [0.5, 0.6) is 0 Å². The van der Waals surface area contributed by atoms with Crippen LogP contribution in [0.1, 0.15) is 12.0 Å². The van der Waals surface area contributed by atoms with Crippen molar-refractivity contribution in [1.29, 1.82) is 0 Å². The Morgan fingerprint density at radius 1 is 1.06 bits per heavy atom. The third kappa shape index (κ3) is 4.06. The van der Waals surface area contributed by atoms with E-state index in [4.69, 9.17) is 0 Å². The maximum atomic E-state index is 11.4. The van der Waals surface area contributed by atoms with Gasteiger partial charge in [-0.3, -0.25) is 4.79 Å². The Labute approximate surface area is 97.7 Å². The molecule has 1 unspecified atom stereocenters. The number of carboxylic acid groups (broad SMARTS) is 2. The van der Waals surface area contributed by atoms with Gasteiger partial charge in [0.2, 0.25) is 0 Å². The van der Waals surface area contributed by atoms with Crippen LogP contribution in [0, 0.1) is 5.92 Å². The zero-order valence-corrected chi connectivity index (χ0v) is 8.92. The van der Waals surface area contributed by atoms with Gasteiger partial charge >= 0.3 is 0 Å². The largest absolute Gasteiger partial charge is 0.550 e. The molecular weight excluding hydrogens is 224 g/mol. The van der Waals surface area contributed by atoms with Gasteiger partial charge in [0.25, 0.3) is 0 Å². The fourth-order valence-electron chi connectivity index (χ4n) is 1.44. The van der Waals surface area contributed by atoms with Gasteiger partial charge in [0.1, 0.15) is 5.78 Å². The first kappa shape index (κ1) is 12.9. The molecule has 1 rings (SSSR count). The van der Waals surface area contributed by atoms with Gasteiger partial charge in [-0.15, -0.1) is 0 Å². The number of benzene rings is 1. The van der Waals surface area contributed by atoms with Gasteiger partial charge in [-0.25, -0.2) is 0 Å². The minimum absolute atomic E-state index is 0.0741. The highest BCUT2D eigenvalue weighted by Gasteiger charge is 2.20. The summed E-state index contributed by atoms with van der Waals surface area (Å²) in [5, 5.41) is 21.0. The molecule has 0 N–H and O–H groups in total. The van der Waals surface area contributed by atoms with Crippen molar-refractivity contribution in [1.82, 2.24) is 0 Å². The van der Waals surface area contributed by atoms with E-state index in [2.05, 4.69) is 0 Å². The van der Waals surface area contributed by atoms with Crippen LogP contribution in [0.3, 0.4) is 0 Å². The van der Waals surface area contributed by atoms with Crippen molar-refractivity contribution >= 4 is 17.7 Å². The highest BCUT2D eigenvalue weighted by molar-refractivity contribution is 6.04. The number of rotatable bonds is 6. The highest BCUT2D eigenvalue weighted by Crippen LogP contribution is 2.10. The van der Waals surface area contributed by atoms with Crippen molar-refractivity contribution < 1.29 is 24.6 Å². The van der Waals surface area contributed by atoms with Crippen molar-refractivity contribution in [2.45, 2.75) is 12.8 Å². The second-order valence-corrected chi connectivity index (χ2v) is 3.58. The molecule has 0 radical (unpaired) electrons. The zero-order chi connectivity index (χ0) is 12.8. The predicted molar refractivity (Wildman–Crippen MR) is 53.3 cm³/mol. The zero-order valence-electron chi connectivity index (χ0n) is 8.92. The molecule has 5 nitrogen and oxygen atoms in total. The molecule has 1 aromatic rings. The second kappa shape index (κ2) is 5.79. The van der Waals surface area contributed by atoms with Crippen LogP contribution < -0.4 is 10.2 Å². The summed E-state index contributed by atoms with van der Waals surface area (Å²) in [6, 6.07) is 8.46. The summed E-state index contributed by atoms with van der Waals surface area (Å²) in [4.78, 5) is 32.4. The van der Waals surface area contributed by atoms with E-state index in [1.54, 1.807) is 30.3 Å². The van der Waals surface area contributed by atoms with E-state index in [1.165, 1.54) is 0 Å². The van der Waals surface area contributed by atoms with Crippen LogP contribution in [0.25, 0.3) is 0 Å². The lowest BCUT2D eigenvalue weighted by Gasteiger charge is -2.17. The Morgan fingerprint density at radius 2 is 1.65 bits per heavy atom. The van der Waals surface area contributed by atoms with E-state index in [0.717, 1.165) is 0 Å². The Morgan fingerprint density at radius 3 is 2.12 bits per heavy atom.